The molecule has 0 radical (unpaired) electrons. The van der Waals surface area contributed by atoms with Crippen molar-refractivity contribution in [3.63, 3.8) is 0 Å². The highest BCUT2D eigenvalue weighted by atomic mass is 16.7. The van der Waals surface area contributed by atoms with E-state index in [4.69, 9.17) is 14.2 Å². The number of pyridine rings is 1. The summed E-state index contributed by atoms with van der Waals surface area (Å²) in [4.78, 5) is 37.6. The van der Waals surface area contributed by atoms with Crippen molar-refractivity contribution in [3.05, 3.63) is 34.1 Å². The van der Waals surface area contributed by atoms with Gasteiger partial charge < -0.3 is 29.4 Å². The number of benzene rings is 1. The number of fused-ring (bicyclic) bond motifs is 2. The molecule has 0 bridgehead atoms. The second-order valence-corrected chi connectivity index (χ2v) is 6.36. The van der Waals surface area contributed by atoms with Crippen LogP contribution in [-0.2, 0) is 16.1 Å². The molecular formula is C19H23N3O6. The summed E-state index contributed by atoms with van der Waals surface area (Å²) in [5.74, 6) is 0.0647. The van der Waals surface area contributed by atoms with Crippen molar-refractivity contribution >= 4 is 22.7 Å². The number of nitrogens with one attached hydrogen (secondary N) is 2. The van der Waals surface area contributed by atoms with Gasteiger partial charge in [0.2, 0.25) is 18.1 Å². The van der Waals surface area contributed by atoms with Crippen LogP contribution in [0.2, 0.25) is 0 Å². The summed E-state index contributed by atoms with van der Waals surface area (Å²) in [6.45, 7) is 4.80. The smallest absolute Gasteiger partial charge is 0.257 e. The third-order valence-electron chi connectivity index (χ3n) is 4.51. The van der Waals surface area contributed by atoms with E-state index in [1.165, 1.54) is 13.3 Å². The largest absolute Gasteiger partial charge is 0.454 e. The zero-order chi connectivity index (χ0) is 20.3. The summed E-state index contributed by atoms with van der Waals surface area (Å²) >= 11 is 0. The van der Waals surface area contributed by atoms with Crippen LogP contribution >= 0.6 is 0 Å². The Morgan fingerprint density at radius 3 is 2.68 bits per heavy atom. The van der Waals surface area contributed by atoms with Gasteiger partial charge in [-0.2, -0.15) is 0 Å². The summed E-state index contributed by atoms with van der Waals surface area (Å²) in [5, 5.41) is 5.57. The Kier molecular flexibility index (Phi) is 5.84. The lowest BCUT2D eigenvalue weighted by Gasteiger charge is -2.16. The van der Waals surface area contributed by atoms with Gasteiger partial charge in [-0.3, -0.25) is 14.4 Å². The van der Waals surface area contributed by atoms with E-state index in [-0.39, 0.29) is 18.3 Å². The molecule has 0 saturated carbocycles. The number of carbonyl (C=O) groups excluding carboxylic acids is 2. The quantitative estimate of drug-likeness (QED) is 0.673. The van der Waals surface area contributed by atoms with E-state index in [2.05, 4.69) is 10.6 Å². The third-order valence-corrected chi connectivity index (χ3v) is 4.51. The zero-order valence-electron chi connectivity index (χ0n) is 16.0. The first-order valence-corrected chi connectivity index (χ1v) is 9.00. The first-order valence-electron chi connectivity index (χ1n) is 9.00. The molecule has 1 atom stereocenters. The number of amides is 2. The first kappa shape index (κ1) is 19.7. The number of aromatic nitrogens is 1. The van der Waals surface area contributed by atoms with Gasteiger partial charge in [-0.05, 0) is 19.9 Å². The zero-order valence-corrected chi connectivity index (χ0v) is 16.0. The Morgan fingerprint density at radius 2 is 2.00 bits per heavy atom. The molecule has 1 aliphatic rings. The molecule has 2 heterocycles. The molecule has 150 valence electrons. The van der Waals surface area contributed by atoms with Crippen LogP contribution in [0, 0.1) is 0 Å². The van der Waals surface area contributed by atoms with Crippen LogP contribution in [0.5, 0.6) is 11.5 Å². The molecule has 0 saturated heterocycles. The average Bonchev–Trinajstić information content (AvgIpc) is 3.14. The number of rotatable bonds is 7. The minimum atomic E-state index is -0.800. The summed E-state index contributed by atoms with van der Waals surface area (Å²) < 4.78 is 17.4. The minimum absolute atomic E-state index is 0.0373. The van der Waals surface area contributed by atoms with Crippen molar-refractivity contribution < 1.29 is 23.8 Å². The fraction of sp³-hybridized carbons (Fsp3) is 0.421. The van der Waals surface area contributed by atoms with Crippen LogP contribution in [0.3, 0.4) is 0 Å². The molecule has 2 amide bonds. The van der Waals surface area contributed by atoms with Crippen LogP contribution in [0.25, 0.3) is 10.9 Å². The summed E-state index contributed by atoms with van der Waals surface area (Å²) in [6.07, 6.45) is 1.50. The second kappa shape index (κ2) is 8.30. The van der Waals surface area contributed by atoms with Crippen LogP contribution < -0.4 is 25.5 Å². The van der Waals surface area contributed by atoms with Gasteiger partial charge in [-0.1, -0.05) is 0 Å². The molecular weight excluding hydrogens is 366 g/mol. The molecule has 0 spiro atoms. The summed E-state index contributed by atoms with van der Waals surface area (Å²) in [5.41, 5.74) is 0.186. The van der Waals surface area contributed by atoms with Gasteiger partial charge in [-0.15, -0.1) is 0 Å². The van der Waals surface area contributed by atoms with E-state index in [9.17, 15) is 14.4 Å². The summed E-state index contributed by atoms with van der Waals surface area (Å²) in [7, 11) is 1.53. The number of nitrogens with zero attached hydrogens (tertiary/aromatic N) is 1. The maximum absolute atomic E-state index is 12.9. The Hall–Kier alpha value is -3.07. The van der Waals surface area contributed by atoms with Crippen LogP contribution in [0.1, 0.15) is 24.2 Å². The van der Waals surface area contributed by atoms with Gasteiger partial charge in [0.05, 0.1) is 17.5 Å². The molecule has 0 aliphatic carbocycles. The number of carbonyl (C=O) groups is 2. The van der Waals surface area contributed by atoms with Crippen LogP contribution in [0.15, 0.2) is 23.1 Å². The molecule has 0 unspecified atom stereocenters. The third kappa shape index (κ3) is 3.79. The highest BCUT2D eigenvalue weighted by Gasteiger charge is 2.22. The number of ether oxygens (including phenoxy) is 3. The molecule has 28 heavy (non-hydrogen) atoms. The summed E-state index contributed by atoms with van der Waals surface area (Å²) in [6, 6.07) is 2.52. The van der Waals surface area contributed by atoms with E-state index in [1.807, 2.05) is 6.92 Å². The Labute approximate surface area is 161 Å². The molecule has 1 aromatic heterocycles. The lowest BCUT2D eigenvalue weighted by molar-refractivity contribution is -0.122. The van der Waals surface area contributed by atoms with Gasteiger partial charge in [0, 0.05) is 32.5 Å². The van der Waals surface area contributed by atoms with Crippen molar-refractivity contribution in [1.82, 2.24) is 15.2 Å². The van der Waals surface area contributed by atoms with Gasteiger partial charge >= 0.3 is 0 Å². The molecule has 9 nitrogen and oxygen atoms in total. The lowest BCUT2D eigenvalue weighted by atomic mass is 10.1. The molecule has 1 aliphatic heterocycles. The maximum atomic E-state index is 12.9. The molecule has 0 fully saturated rings. The fourth-order valence-corrected chi connectivity index (χ4v) is 2.97. The Balaban J connectivity index is 1.89. The van der Waals surface area contributed by atoms with Gasteiger partial charge in [0.1, 0.15) is 11.6 Å². The number of methoxy groups -OCH3 is 1. The predicted molar refractivity (Wildman–Crippen MR) is 102 cm³/mol. The maximum Gasteiger partial charge on any atom is 0.257 e. The molecule has 1 aromatic carbocycles. The minimum Gasteiger partial charge on any atom is -0.454 e. The van der Waals surface area contributed by atoms with Crippen molar-refractivity contribution in [2.45, 2.75) is 26.4 Å². The van der Waals surface area contributed by atoms with Gasteiger partial charge in [0.15, 0.2) is 11.5 Å². The Morgan fingerprint density at radius 1 is 1.29 bits per heavy atom. The van der Waals surface area contributed by atoms with Crippen LogP contribution in [-0.4, -0.2) is 49.5 Å². The number of hydrogen-bond donors (Lipinski definition) is 2. The van der Waals surface area contributed by atoms with E-state index in [1.54, 1.807) is 23.6 Å². The monoisotopic (exact) mass is 389 g/mol. The number of hydrogen-bond acceptors (Lipinski definition) is 6. The SMILES string of the molecule is CCn1cc(C(=O)N[C@H](C)C(=O)NCCOC)c(=O)c2cc3c(cc21)OCO3. The van der Waals surface area contributed by atoms with E-state index >= 15 is 0 Å². The number of aryl methyl sites for hydroxylation is 1. The van der Waals surface area contributed by atoms with Gasteiger partial charge in [-0.25, -0.2) is 0 Å². The second-order valence-electron chi connectivity index (χ2n) is 6.36. The standard InChI is InChI=1S/C19H23N3O6/c1-4-22-9-13(19(25)21-11(2)18(24)20-5-6-26-3)17(23)12-7-15-16(8-14(12)22)28-10-27-15/h7-9,11H,4-6,10H2,1-3H3,(H,20,24)(H,21,25)/t11-/m1/s1. The fourth-order valence-electron chi connectivity index (χ4n) is 2.97. The van der Waals surface area contributed by atoms with Crippen LogP contribution in [0.4, 0.5) is 0 Å². The van der Waals surface area contributed by atoms with E-state index in [0.717, 1.165) is 0 Å². The normalized spacial score (nSPS) is 13.4. The topological polar surface area (TPSA) is 108 Å². The highest BCUT2D eigenvalue weighted by Crippen LogP contribution is 2.35. The van der Waals surface area contributed by atoms with E-state index in [0.29, 0.717) is 42.1 Å². The Bertz CT molecular complexity index is 968. The van der Waals surface area contributed by atoms with Crippen molar-refractivity contribution in [2.24, 2.45) is 0 Å². The first-order chi connectivity index (χ1) is 13.5. The van der Waals surface area contributed by atoms with Crippen molar-refractivity contribution in [3.8, 4) is 11.5 Å². The highest BCUT2D eigenvalue weighted by molar-refractivity contribution is 6.00. The molecule has 2 N–H and O–H groups in total. The molecule has 2 aromatic rings. The average molecular weight is 389 g/mol. The van der Waals surface area contributed by atoms with E-state index < -0.39 is 17.4 Å². The predicted octanol–water partition coefficient (Wildman–Crippen LogP) is 0.631. The lowest BCUT2D eigenvalue weighted by Crippen LogP contribution is -2.46. The van der Waals surface area contributed by atoms with Crippen molar-refractivity contribution in [1.29, 1.82) is 0 Å². The molecule has 9 heteroatoms. The molecule has 3 rings (SSSR count). The van der Waals surface area contributed by atoms with Crippen molar-refractivity contribution in [2.75, 3.05) is 27.1 Å². The van der Waals surface area contributed by atoms with Gasteiger partial charge in [0.25, 0.3) is 5.91 Å².